The lowest BCUT2D eigenvalue weighted by Crippen LogP contribution is -2.58. The average molecular weight is 601 g/mol. The van der Waals surface area contributed by atoms with Crippen LogP contribution in [0.4, 0.5) is 0 Å². The second kappa shape index (κ2) is 8.78. The maximum atomic E-state index is 12.5. The van der Waals surface area contributed by atoms with Crippen LogP contribution >= 0.6 is 0 Å². The summed E-state index contributed by atoms with van der Waals surface area (Å²) in [4.78, 5) is 48.0. The van der Waals surface area contributed by atoms with E-state index in [9.17, 15) is 46.2 Å². The number of aromatic nitrogens is 6. The molecule has 0 radical (unpaired) electrons. The smallest absolute Gasteiger partial charge is 0.328 e. The Bertz CT molecular complexity index is 1490. The van der Waals surface area contributed by atoms with E-state index in [2.05, 4.69) is 20.6 Å². The van der Waals surface area contributed by atoms with Crippen LogP contribution in [-0.2, 0) is 51.9 Å². The highest BCUT2D eigenvalue weighted by Crippen LogP contribution is 2.47. The molecular formula is C20H24N8O10S2. The zero-order valence-electron chi connectivity index (χ0n) is 21.0. The molecule has 4 aliphatic rings. The largest absolute Gasteiger partial charge is 0.480 e. The zero-order chi connectivity index (χ0) is 29.4. The Morgan fingerprint density at radius 2 is 1.15 bits per heavy atom. The second-order valence-corrected chi connectivity index (χ2v) is 15.5. The molecule has 0 aliphatic carbocycles. The van der Waals surface area contributed by atoms with Crippen molar-refractivity contribution in [3.63, 3.8) is 0 Å². The summed E-state index contributed by atoms with van der Waals surface area (Å²) in [6.07, 6.45) is 5.35. The summed E-state index contributed by atoms with van der Waals surface area (Å²) in [6.45, 7) is 2.36. The summed E-state index contributed by atoms with van der Waals surface area (Å²) < 4.78 is 49.5. The quantitative estimate of drug-likeness (QED) is 0.313. The molecule has 6 rings (SSSR count). The number of amides is 2. The molecule has 20 heteroatoms. The number of fused-ring (bicyclic) bond motifs is 2. The standard InChI is InChI=1S/2C10H12N4O5S/c2*1-10(5-13-3-2-11-12-13)8(9(16)17)14-6(15)4-7(14)20(10,18)19/h2*2-3,7-8H,4-5H2,1H3,(H,16,17)/t2*7-,8+,10+/m11/s1. The van der Waals surface area contributed by atoms with E-state index in [1.807, 2.05) is 0 Å². The van der Waals surface area contributed by atoms with Crippen LogP contribution in [0.5, 0.6) is 0 Å². The SMILES string of the molecule is C[C@]1(Cn2ccnn2)[C@H](C(=O)O)N2C(=O)C[C@H]2S1(=O)=O.C[C@]1(Cn2ccnn2)[C@H](C(=O)O)N2C(=O)C[C@H]2S1(=O)=O. The monoisotopic (exact) mass is 600 g/mol. The lowest BCUT2D eigenvalue weighted by molar-refractivity contribution is -0.157. The number of carbonyl (C=O) groups excluding carboxylic acids is 2. The molecule has 4 fully saturated rings. The molecule has 0 unspecified atom stereocenters. The Kier molecular flexibility index (Phi) is 6.06. The van der Waals surface area contributed by atoms with E-state index < -0.39 is 75.8 Å². The molecule has 0 bridgehead atoms. The summed E-state index contributed by atoms with van der Waals surface area (Å²) in [5, 5.41) is 31.1. The van der Waals surface area contributed by atoms with Gasteiger partial charge >= 0.3 is 11.9 Å². The van der Waals surface area contributed by atoms with Gasteiger partial charge in [0.05, 0.1) is 38.3 Å². The highest BCUT2D eigenvalue weighted by atomic mass is 32.2. The Morgan fingerprint density at radius 3 is 1.40 bits per heavy atom. The molecule has 2 N–H and O–H groups in total. The second-order valence-electron chi connectivity index (χ2n) is 10.3. The van der Waals surface area contributed by atoms with Crippen LogP contribution in [0.3, 0.4) is 0 Å². The number of carboxylic acids is 2. The molecule has 0 saturated carbocycles. The lowest BCUT2D eigenvalue weighted by atomic mass is 9.96. The van der Waals surface area contributed by atoms with Crippen LogP contribution < -0.4 is 0 Å². The number of sulfone groups is 2. The van der Waals surface area contributed by atoms with Gasteiger partial charge in [-0.15, -0.1) is 10.2 Å². The van der Waals surface area contributed by atoms with Crippen LogP contribution in [0.1, 0.15) is 26.7 Å². The fraction of sp³-hybridized carbons (Fsp3) is 0.600. The minimum Gasteiger partial charge on any atom is -0.480 e. The molecule has 2 amide bonds. The van der Waals surface area contributed by atoms with Crippen molar-refractivity contribution in [2.45, 2.75) is 72.1 Å². The fourth-order valence-electron chi connectivity index (χ4n) is 5.85. The summed E-state index contributed by atoms with van der Waals surface area (Å²) in [6, 6.07) is -2.80. The first-order chi connectivity index (χ1) is 18.6. The number of aliphatic carboxylic acids is 2. The van der Waals surface area contributed by atoms with Gasteiger partial charge in [0.1, 0.15) is 20.2 Å². The molecule has 216 valence electrons. The topological polar surface area (TPSA) is 245 Å². The lowest BCUT2D eigenvalue weighted by Gasteiger charge is -2.35. The third kappa shape index (κ3) is 3.57. The minimum atomic E-state index is -3.80. The van der Waals surface area contributed by atoms with Crippen LogP contribution in [0.2, 0.25) is 0 Å². The highest BCUT2D eigenvalue weighted by molar-refractivity contribution is 7.94. The van der Waals surface area contributed by atoms with E-state index >= 15 is 0 Å². The third-order valence-electron chi connectivity index (χ3n) is 7.99. The Morgan fingerprint density at radius 1 is 0.800 bits per heavy atom. The molecule has 40 heavy (non-hydrogen) atoms. The maximum Gasteiger partial charge on any atom is 0.328 e. The van der Waals surface area contributed by atoms with Crippen LogP contribution in [0, 0.1) is 0 Å². The number of β-lactam (4-membered cyclic amide) rings is 2. The normalized spacial score (nSPS) is 34.6. The molecule has 0 spiro atoms. The van der Waals surface area contributed by atoms with Crippen LogP contribution in [0.15, 0.2) is 24.8 Å². The van der Waals surface area contributed by atoms with Gasteiger partial charge in [-0.3, -0.25) is 19.0 Å². The molecule has 4 saturated heterocycles. The third-order valence-corrected chi connectivity index (χ3v) is 13.5. The number of carboxylic acid groups (broad SMARTS) is 2. The number of hydrogen-bond acceptors (Lipinski definition) is 12. The summed E-state index contributed by atoms with van der Waals surface area (Å²) in [7, 11) is -7.59. The zero-order valence-corrected chi connectivity index (χ0v) is 22.6. The summed E-state index contributed by atoms with van der Waals surface area (Å²) in [5.74, 6) is -3.56. The van der Waals surface area contributed by atoms with E-state index in [-0.39, 0.29) is 25.9 Å². The van der Waals surface area contributed by atoms with Crippen molar-refractivity contribution < 1.29 is 46.2 Å². The van der Waals surface area contributed by atoms with E-state index in [4.69, 9.17) is 0 Å². The Hall–Kier alpha value is -3.94. The number of carbonyl (C=O) groups is 4. The van der Waals surface area contributed by atoms with Gasteiger partial charge in [0.25, 0.3) is 0 Å². The average Bonchev–Trinajstić information content (AvgIpc) is 3.59. The minimum absolute atomic E-state index is 0.154. The predicted octanol–water partition coefficient (Wildman–Crippen LogP) is -3.05. The molecule has 6 atom stereocenters. The van der Waals surface area contributed by atoms with Gasteiger partial charge < -0.3 is 20.0 Å². The first kappa shape index (κ1) is 27.6. The summed E-state index contributed by atoms with van der Waals surface area (Å²) >= 11 is 0. The van der Waals surface area contributed by atoms with Gasteiger partial charge in [-0.25, -0.2) is 26.4 Å². The molecule has 0 aromatic carbocycles. The van der Waals surface area contributed by atoms with Crippen molar-refractivity contribution in [3.05, 3.63) is 24.8 Å². The summed E-state index contributed by atoms with van der Waals surface area (Å²) in [5.41, 5.74) is 0. The van der Waals surface area contributed by atoms with Gasteiger partial charge in [0.2, 0.25) is 11.8 Å². The van der Waals surface area contributed by atoms with Gasteiger partial charge in [-0.2, -0.15) is 0 Å². The molecule has 18 nitrogen and oxygen atoms in total. The number of nitrogens with zero attached hydrogens (tertiary/aromatic N) is 8. The van der Waals surface area contributed by atoms with Gasteiger partial charge in [-0.05, 0) is 13.8 Å². The fourth-order valence-corrected chi connectivity index (χ4v) is 10.6. The van der Waals surface area contributed by atoms with E-state index in [0.717, 1.165) is 9.80 Å². The van der Waals surface area contributed by atoms with Gasteiger partial charge in [0, 0.05) is 12.4 Å². The first-order valence-corrected chi connectivity index (χ1v) is 14.9. The predicted molar refractivity (Wildman–Crippen MR) is 128 cm³/mol. The molecule has 6 heterocycles. The Balaban J connectivity index is 0.000000161. The first-order valence-electron chi connectivity index (χ1n) is 11.8. The highest BCUT2D eigenvalue weighted by Gasteiger charge is 2.71. The van der Waals surface area contributed by atoms with Gasteiger partial charge in [-0.1, -0.05) is 10.4 Å². The van der Waals surface area contributed by atoms with Crippen LogP contribution in [-0.4, -0.2) is 123 Å². The van der Waals surface area contributed by atoms with Crippen molar-refractivity contribution >= 4 is 43.4 Å². The van der Waals surface area contributed by atoms with E-state index in [1.165, 1.54) is 48.0 Å². The van der Waals surface area contributed by atoms with Crippen molar-refractivity contribution in [2.75, 3.05) is 0 Å². The van der Waals surface area contributed by atoms with E-state index in [1.54, 1.807) is 0 Å². The van der Waals surface area contributed by atoms with Crippen molar-refractivity contribution in [1.82, 2.24) is 39.8 Å². The van der Waals surface area contributed by atoms with E-state index in [0.29, 0.717) is 0 Å². The van der Waals surface area contributed by atoms with Crippen molar-refractivity contribution in [3.8, 4) is 0 Å². The maximum absolute atomic E-state index is 12.5. The van der Waals surface area contributed by atoms with Crippen LogP contribution in [0.25, 0.3) is 0 Å². The Labute approximate surface area is 226 Å². The number of rotatable bonds is 6. The van der Waals surface area contributed by atoms with Crippen molar-refractivity contribution in [2.24, 2.45) is 0 Å². The van der Waals surface area contributed by atoms with Crippen molar-refractivity contribution in [1.29, 1.82) is 0 Å². The van der Waals surface area contributed by atoms with Gasteiger partial charge in [0.15, 0.2) is 31.8 Å². The molecular weight excluding hydrogens is 576 g/mol. The number of hydrogen-bond donors (Lipinski definition) is 2. The molecule has 2 aromatic heterocycles. The molecule has 4 aliphatic heterocycles. The molecule has 2 aromatic rings.